The molecule has 1 aliphatic rings. The second-order valence-electron chi connectivity index (χ2n) is 7.07. The summed E-state index contributed by atoms with van der Waals surface area (Å²) in [4.78, 5) is 14.0. The number of benzene rings is 2. The van der Waals surface area contributed by atoms with Crippen LogP contribution < -0.4 is 4.74 Å². The number of hydrogen-bond donors (Lipinski definition) is 1. The number of carbonyl (C=O) groups excluding carboxylic acids is 1. The van der Waals surface area contributed by atoms with E-state index in [2.05, 4.69) is 0 Å². The summed E-state index contributed by atoms with van der Waals surface area (Å²) in [5.41, 5.74) is 3.53. The second-order valence-corrected chi connectivity index (χ2v) is 7.47. The van der Waals surface area contributed by atoms with Crippen molar-refractivity contribution in [3.8, 4) is 5.75 Å². The van der Waals surface area contributed by atoms with Gasteiger partial charge in [-0.1, -0.05) is 41.9 Å². The van der Waals surface area contributed by atoms with Crippen molar-refractivity contribution in [3.05, 3.63) is 63.7 Å². The number of rotatable bonds is 6. The lowest BCUT2D eigenvalue weighted by Gasteiger charge is -2.40. The molecule has 1 unspecified atom stereocenters. The van der Waals surface area contributed by atoms with Crippen molar-refractivity contribution in [1.82, 2.24) is 4.90 Å². The number of amides is 1. The van der Waals surface area contributed by atoms with E-state index in [0.29, 0.717) is 36.0 Å². The summed E-state index contributed by atoms with van der Waals surface area (Å²) in [6, 6.07) is 11.4. The molecule has 5 nitrogen and oxygen atoms in total. The summed E-state index contributed by atoms with van der Waals surface area (Å²) in [6.07, 6.45) is -1.01. The fourth-order valence-electron chi connectivity index (χ4n) is 3.49. The number of hydrogen-bond acceptors (Lipinski definition) is 4. The molecule has 28 heavy (non-hydrogen) atoms. The molecule has 0 saturated carbocycles. The Hall–Kier alpha value is -2.24. The topological polar surface area (TPSA) is 59.0 Å². The average Bonchev–Trinajstić information content (AvgIpc) is 2.64. The van der Waals surface area contributed by atoms with Crippen LogP contribution in [0, 0.1) is 6.92 Å². The third-order valence-electron chi connectivity index (χ3n) is 5.04. The van der Waals surface area contributed by atoms with Crippen LogP contribution in [-0.4, -0.2) is 35.8 Å². The van der Waals surface area contributed by atoms with Gasteiger partial charge in [-0.2, -0.15) is 0 Å². The van der Waals surface area contributed by atoms with Gasteiger partial charge in [-0.05, 0) is 38.0 Å². The summed E-state index contributed by atoms with van der Waals surface area (Å²) in [7, 11) is 0. The summed E-state index contributed by atoms with van der Waals surface area (Å²) in [6.45, 7) is 7.37. The lowest BCUT2D eigenvalue weighted by atomic mass is 9.85. The van der Waals surface area contributed by atoms with Crippen molar-refractivity contribution in [2.45, 2.75) is 39.4 Å². The van der Waals surface area contributed by atoms with Crippen LogP contribution in [-0.2, 0) is 11.3 Å². The molecule has 1 saturated heterocycles. The molecule has 1 atom stereocenters. The lowest BCUT2D eigenvalue weighted by Crippen LogP contribution is -2.49. The van der Waals surface area contributed by atoms with E-state index in [4.69, 9.17) is 21.1 Å². The first-order valence-corrected chi connectivity index (χ1v) is 9.89. The Labute approximate surface area is 170 Å². The Bertz CT molecular complexity index is 832. The number of nitrogens with zero attached hydrogens (tertiary/aromatic N) is 1. The quantitative estimate of drug-likeness (QED) is 0.750. The molecule has 2 aromatic carbocycles. The van der Waals surface area contributed by atoms with Crippen LogP contribution in [0.1, 0.15) is 48.1 Å². The first-order chi connectivity index (χ1) is 13.4. The van der Waals surface area contributed by atoms with Crippen LogP contribution in [0.2, 0.25) is 5.02 Å². The largest absolute Gasteiger partial charge is 0.493 e. The minimum Gasteiger partial charge on any atom is -0.493 e. The van der Waals surface area contributed by atoms with Gasteiger partial charge in [0.2, 0.25) is 0 Å². The van der Waals surface area contributed by atoms with Gasteiger partial charge in [0.25, 0.3) is 0 Å². The SMILES string of the molecule is CCOc1c(C(C)O)cc(Cl)c(C)c1C1CN(C(=O)OCc2ccccc2)C1. The second kappa shape index (κ2) is 8.84. The Kier molecular flexibility index (Phi) is 6.47. The van der Waals surface area contributed by atoms with Gasteiger partial charge >= 0.3 is 6.09 Å². The molecular formula is C22H26ClNO4. The van der Waals surface area contributed by atoms with Gasteiger partial charge in [0, 0.05) is 35.2 Å². The van der Waals surface area contributed by atoms with Crippen LogP contribution in [0.4, 0.5) is 4.79 Å². The predicted octanol–water partition coefficient (Wildman–Crippen LogP) is 4.84. The first-order valence-electron chi connectivity index (χ1n) is 9.51. The Balaban J connectivity index is 1.71. The van der Waals surface area contributed by atoms with Crippen molar-refractivity contribution >= 4 is 17.7 Å². The summed E-state index contributed by atoms with van der Waals surface area (Å²) < 4.78 is 11.3. The number of likely N-dealkylation sites (tertiary alicyclic amines) is 1. The monoisotopic (exact) mass is 403 g/mol. The molecule has 0 radical (unpaired) electrons. The van der Waals surface area contributed by atoms with E-state index in [1.165, 1.54) is 0 Å². The molecule has 2 aromatic rings. The standard InChI is InChI=1S/C22H26ClNO4/c1-4-27-21-18(15(3)25)10-19(23)14(2)20(21)17-11-24(12-17)22(26)28-13-16-8-6-5-7-9-16/h5-10,15,17,25H,4,11-13H2,1-3H3. The number of aliphatic hydroxyl groups is 1. The smallest absolute Gasteiger partial charge is 0.410 e. The number of halogens is 1. The number of carbonyl (C=O) groups is 1. The van der Waals surface area contributed by atoms with E-state index in [1.807, 2.05) is 44.2 Å². The molecule has 1 heterocycles. The van der Waals surface area contributed by atoms with E-state index in [9.17, 15) is 9.90 Å². The van der Waals surface area contributed by atoms with E-state index in [-0.39, 0.29) is 18.6 Å². The summed E-state index contributed by atoms with van der Waals surface area (Å²) in [5, 5.41) is 10.7. The zero-order valence-corrected chi connectivity index (χ0v) is 17.2. The third kappa shape index (κ3) is 4.26. The van der Waals surface area contributed by atoms with Crippen molar-refractivity contribution in [3.63, 3.8) is 0 Å². The van der Waals surface area contributed by atoms with Crippen molar-refractivity contribution in [2.75, 3.05) is 19.7 Å². The Morgan fingerprint density at radius 3 is 2.61 bits per heavy atom. The molecule has 1 fully saturated rings. The van der Waals surface area contributed by atoms with E-state index >= 15 is 0 Å². The van der Waals surface area contributed by atoms with Gasteiger partial charge in [-0.3, -0.25) is 0 Å². The van der Waals surface area contributed by atoms with Crippen molar-refractivity contribution in [1.29, 1.82) is 0 Å². The average molecular weight is 404 g/mol. The molecule has 1 N–H and O–H groups in total. The molecule has 6 heteroatoms. The normalized spacial score (nSPS) is 15.1. The summed E-state index contributed by atoms with van der Waals surface area (Å²) in [5.74, 6) is 0.781. The van der Waals surface area contributed by atoms with Crippen LogP contribution in [0.3, 0.4) is 0 Å². The van der Waals surface area contributed by atoms with Gasteiger partial charge in [0.05, 0.1) is 12.7 Å². The minimum absolute atomic E-state index is 0.0991. The molecule has 0 bridgehead atoms. The zero-order valence-electron chi connectivity index (χ0n) is 16.4. The molecule has 3 rings (SSSR count). The Morgan fingerprint density at radius 2 is 2.00 bits per heavy atom. The fraction of sp³-hybridized carbons (Fsp3) is 0.409. The first kappa shape index (κ1) is 20.5. The van der Waals surface area contributed by atoms with Crippen molar-refractivity contribution in [2.24, 2.45) is 0 Å². The zero-order chi connectivity index (χ0) is 20.3. The molecule has 1 amide bonds. The Morgan fingerprint density at radius 1 is 1.32 bits per heavy atom. The molecule has 150 valence electrons. The highest BCUT2D eigenvalue weighted by molar-refractivity contribution is 6.31. The van der Waals surface area contributed by atoms with Gasteiger partial charge in [0.15, 0.2) is 0 Å². The predicted molar refractivity (Wildman–Crippen MR) is 109 cm³/mol. The maximum absolute atomic E-state index is 12.3. The highest BCUT2D eigenvalue weighted by Crippen LogP contribution is 2.43. The highest BCUT2D eigenvalue weighted by atomic mass is 35.5. The van der Waals surface area contributed by atoms with Gasteiger partial charge in [-0.15, -0.1) is 0 Å². The molecule has 1 aliphatic heterocycles. The third-order valence-corrected chi connectivity index (χ3v) is 5.44. The van der Waals surface area contributed by atoms with Crippen molar-refractivity contribution < 1.29 is 19.4 Å². The highest BCUT2D eigenvalue weighted by Gasteiger charge is 2.37. The number of ether oxygens (including phenoxy) is 2. The molecule has 0 aliphatic carbocycles. The van der Waals surface area contributed by atoms with Crippen LogP contribution >= 0.6 is 11.6 Å². The van der Waals surface area contributed by atoms with Gasteiger partial charge in [-0.25, -0.2) is 4.79 Å². The maximum Gasteiger partial charge on any atom is 0.410 e. The van der Waals surface area contributed by atoms with E-state index in [0.717, 1.165) is 16.7 Å². The van der Waals surface area contributed by atoms with Crippen LogP contribution in [0.15, 0.2) is 36.4 Å². The van der Waals surface area contributed by atoms with E-state index in [1.54, 1.807) is 17.9 Å². The van der Waals surface area contributed by atoms with Crippen LogP contribution in [0.5, 0.6) is 5.75 Å². The fourth-order valence-corrected chi connectivity index (χ4v) is 3.71. The lowest BCUT2D eigenvalue weighted by molar-refractivity contribution is 0.0656. The van der Waals surface area contributed by atoms with Gasteiger partial charge < -0.3 is 19.5 Å². The maximum atomic E-state index is 12.3. The molecular weight excluding hydrogens is 378 g/mol. The van der Waals surface area contributed by atoms with Crippen LogP contribution in [0.25, 0.3) is 0 Å². The minimum atomic E-state index is -0.689. The molecule has 0 spiro atoms. The molecule has 0 aromatic heterocycles. The summed E-state index contributed by atoms with van der Waals surface area (Å²) >= 11 is 6.40. The van der Waals surface area contributed by atoms with E-state index < -0.39 is 6.10 Å². The number of aliphatic hydroxyl groups excluding tert-OH is 1. The van der Waals surface area contributed by atoms with Gasteiger partial charge in [0.1, 0.15) is 12.4 Å².